The Labute approximate surface area is 146 Å². The minimum atomic E-state index is 0.185. The number of hydrogen-bond acceptors (Lipinski definition) is 1. The highest BCUT2D eigenvalue weighted by Gasteiger charge is 2.18. The van der Waals surface area contributed by atoms with Crippen LogP contribution < -0.4 is 5.32 Å². The molecule has 0 aliphatic carbocycles. The van der Waals surface area contributed by atoms with Gasteiger partial charge in [0, 0.05) is 3.57 Å². The second-order valence-electron chi connectivity index (χ2n) is 5.48. The summed E-state index contributed by atoms with van der Waals surface area (Å²) >= 11 is 8.58. The Morgan fingerprint density at radius 2 is 1.71 bits per heavy atom. The summed E-state index contributed by atoms with van der Waals surface area (Å²) < 4.78 is 1.09. The minimum Gasteiger partial charge on any atom is -0.307 e. The van der Waals surface area contributed by atoms with E-state index in [0.29, 0.717) is 0 Å². The quantitative estimate of drug-likeness (QED) is 0.646. The molecular formula is C18H21ClIN. The Morgan fingerprint density at radius 3 is 2.24 bits per heavy atom. The van der Waals surface area contributed by atoms with Crippen LogP contribution in [0.5, 0.6) is 0 Å². The first-order valence-corrected chi connectivity index (χ1v) is 8.65. The van der Waals surface area contributed by atoms with Gasteiger partial charge in [-0.2, -0.15) is 0 Å². The van der Waals surface area contributed by atoms with Crippen LogP contribution in [0.2, 0.25) is 5.02 Å². The Kier molecular flexibility index (Phi) is 5.69. The largest absolute Gasteiger partial charge is 0.307 e. The van der Waals surface area contributed by atoms with Crippen LogP contribution in [-0.2, 0) is 0 Å². The van der Waals surface area contributed by atoms with Gasteiger partial charge in [-0.05, 0) is 84.3 Å². The molecule has 1 unspecified atom stereocenters. The van der Waals surface area contributed by atoms with E-state index in [4.69, 9.17) is 11.6 Å². The molecule has 2 rings (SSSR count). The van der Waals surface area contributed by atoms with Gasteiger partial charge in [0.2, 0.25) is 0 Å². The predicted molar refractivity (Wildman–Crippen MR) is 100 cm³/mol. The molecular weight excluding hydrogens is 393 g/mol. The molecule has 112 valence electrons. The lowest BCUT2D eigenvalue weighted by molar-refractivity contribution is 0.624. The molecule has 0 heterocycles. The molecule has 0 saturated carbocycles. The molecule has 0 saturated heterocycles. The average molecular weight is 414 g/mol. The molecule has 0 aliphatic heterocycles. The molecule has 1 nitrogen and oxygen atoms in total. The molecule has 1 atom stereocenters. The normalized spacial score (nSPS) is 12.5. The van der Waals surface area contributed by atoms with Crippen LogP contribution in [-0.4, -0.2) is 6.54 Å². The summed E-state index contributed by atoms with van der Waals surface area (Å²) in [6.07, 6.45) is 0. The van der Waals surface area contributed by atoms with Gasteiger partial charge in [-0.15, -0.1) is 0 Å². The zero-order chi connectivity index (χ0) is 15.6. The van der Waals surface area contributed by atoms with Crippen molar-refractivity contribution in [2.75, 3.05) is 6.54 Å². The molecule has 2 aromatic carbocycles. The highest BCUT2D eigenvalue weighted by Crippen LogP contribution is 2.31. The summed E-state index contributed by atoms with van der Waals surface area (Å²) in [5.74, 6) is 0. The molecule has 0 spiro atoms. The lowest BCUT2D eigenvalue weighted by Crippen LogP contribution is -2.23. The molecule has 0 radical (unpaired) electrons. The van der Waals surface area contributed by atoms with Crippen molar-refractivity contribution in [3.8, 4) is 0 Å². The SMILES string of the molecule is CCNC(c1ccc(I)c(Cl)c1)c1c(C)cc(C)cc1C. The summed E-state index contributed by atoms with van der Waals surface area (Å²) in [5, 5.41) is 4.42. The minimum absolute atomic E-state index is 0.185. The number of halogens is 2. The highest BCUT2D eigenvalue weighted by atomic mass is 127. The molecule has 0 amide bonds. The molecule has 2 aromatic rings. The van der Waals surface area contributed by atoms with Crippen LogP contribution in [0.1, 0.15) is 40.8 Å². The molecule has 0 fully saturated rings. The maximum absolute atomic E-state index is 6.32. The van der Waals surface area contributed by atoms with E-state index in [-0.39, 0.29) is 6.04 Å². The van der Waals surface area contributed by atoms with E-state index >= 15 is 0 Å². The maximum Gasteiger partial charge on any atom is 0.0582 e. The van der Waals surface area contributed by atoms with Gasteiger partial charge < -0.3 is 5.32 Å². The summed E-state index contributed by atoms with van der Waals surface area (Å²) in [6, 6.07) is 11.0. The summed E-state index contributed by atoms with van der Waals surface area (Å²) in [7, 11) is 0. The van der Waals surface area contributed by atoms with E-state index in [1.54, 1.807) is 0 Å². The Bertz CT molecular complexity index is 629. The van der Waals surface area contributed by atoms with Crippen molar-refractivity contribution in [3.63, 3.8) is 0 Å². The van der Waals surface area contributed by atoms with Gasteiger partial charge in [-0.25, -0.2) is 0 Å². The van der Waals surface area contributed by atoms with Crippen LogP contribution in [0.25, 0.3) is 0 Å². The van der Waals surface area contributed by atoms with Crippen molar-refractivity contribution in [2.24, 2.45) is 0 Å². The maximum atomic E-state index is 6.32. The van der Waals surface area contributed by atoms with Gasteiger partial charge >= 0.3 is 0 Å². The number of aryl methyl sites for hydroxylation is 3. The van der Waals surface area contributed by atoms with Gasteiger partial charge in [0.05, 0.1) is 11.1 Å². The second-order valence-corrected chi connectivity index (χ2v) is 7.05. The Hall–Kier alpha value is -0.580. The third-order valence-electron chi connectivity index (χ3n) is 3.71. The fourth-order valence-electron chi connectivity index (χ4n) is 2.93. The Balaban J connectivity index is 2.55. The summed E-state index contributed by atoms with van der Waals surface area (Å²) in [4.78, 5) is 0. The van der Waals surface area contributed by atoms with Crippen LogP contribution in [0.3, 0.4) is 0 Å². The highest BCUT2D eigenvalue weighted by molar-refractivity contribution is 14.1. The third-order valence-corrected chi connectivity index (χ3v) is 5.28. The first-order chi connectivity index (χ1) is 9.93. The van der Waals surface area contributed by atoms with E-state index in [1.807, 2.05) is 0 Å². The zero-order valence-electron chi connectivity index (χ0n) is 12.9. The number of benzene rings is 2. The van der Waals surface area contributed by atoms with Crippen molar-refractivity contribution in [2.45, 2.75) is 33.7 Å². The first-order valence-electron chi connectivity index (χ1n) is 7.20. The molecule has 0 aliphatic rings. The number of hydrogen-bond donors (Lipinski definition) is 1. The van der Waals surface area contributed by atoms with Crippen molar-refractivity contribution in [1.82, 2.24) is 5.32 Å². The predicted octanol–water partition coefficient (Wildman–Crippen LogP) is 5.57. The van der Waals surface area contributed by atoms with E-state index in [9.17, 15) is 0 Å². The van der Waals surface area contributed by atoms with E-state index in [2.05, 4.69) is 85.9 Å². The van der Waals surface area contributed by atoms with Crippen molar-refractivity contribution in [3.05, 3.63) is 66.7 Å². The van der Waals surface area contributed by atoms with Crippen LogP contribution >= 0.6 is 34.2 Å². The van der Waals surface area contributed by atoms with Crippen molar-refractivity contribution < 1.29 is 0 Å². The number of nitrogens with one attached hydrogen (secondary N) is 1. The fraction of sp³-hybridized carbons (Fsp3) is 0.333. The van der Waals surface area contributed by atoms with Crippen LogP contribution in [0.15, 0.2) is 30.3 Å². The number of rotatable bonds is 4. The van der Waals surface area contributed by atoms with Crippen LogP contribution in [0, 0.1) is 24.3 Å². The smallest absolute Gasteiger partial charge is 0.0582 e. The molecule has 3 heteroatoms. The van der Waals surface area contributed by atoms with E-state index in [1.165, 1.54) is 27.8 Å². The molecule has 1 N–H and O–H groups in total. The van der Waals surface area contributed by atoms with Gasteiger partial charge in [-0.3, -0.25) is 0 Å². The van der Waals surface area contributed by atoms with Crippen LogP contribution in [0.4, 0.5) is 0 Å². The summed E-state index contributed by atoms with van der Waals surface area (Å²) in [5.41, 5.74) is 6.54. The molecule has 0 aromatic heterocycles. The molecule has 21 heavy (non-hydrogen) atoms. The standard InChI is InChI=1S/C18H21ClIN/c1-5-21-18(14-6-7-16(20)15(19)10-14)17-12(3)8-11(2)9-13(17)4/h6-10,18,21H,5H2,1-4H3. The third kappa shape index (κ3) is 3.79. The zero-order valence-corrected chi connectivity index (χ0v) is 15.8. The average Bonchev–Trinajstić information content (AvgIpc) is 2.40. The van der Waals surface area contributed by atoms with Crippen molar-refractivity contribution >= 4 is 34.2 Å². The lowest BCUT2D eigenvalue weighted by atomic mass is 9.90. The fourth-order valence-corrected chi connectivity index (χ4v) is 3.45. The van der Waals surface area contributed by atoms with E-state index < -0.39 is 0 Å². The van der Waals surface area contributed by atoms with E-state index in [0.717, 1.165) is 15.1 Å². The summed E-state index contributed by atoms with van der Waals surface area (Å²) in [6.45, 7) is 9.58. The Morgan fingerprint density at radius 1 is 1.10 bits per heavy atom. The lowest BCUT2D eigenvalue weighted by Gasteiger charge is -2.24. The van der Waals surface area contributed by atoms with Gasteiger partial charge in [0.1, 0.15) is 0 Å². The topological polar surface area (TPSA) is 12.0 Å². The monoisotopic (exact) mass is 413 g/mol. The van der Waals surface area contributed by atoms with Gasteiger partial charge in [0.25, 0.3) is 0 Å². The van der Waals surface area contributed by atoms with Gasteiger partial charge in [-0.1, -0.05) is 42.3 Å². The first kappa shape index (κ1) is 16.8. The van der Waals surface area contributed by atoms with Gasteiger partial charge in [0.15, 0.2) is 0 Å². The second kappa shape index (κ2) is 7.12. The molecule has 0 bridgehead atoms. The van der Waals surface area contributed by atoms with Crippen molar-refractivity contribution in [1.29, 1.82) is 0 Å².